The molecule has 5 nitrogen and oxygen atoms in total. The highest BCUT2D eigenvalue weighted by atomic mass is 32.1. The third-order valence-electron chi connectivity index (χ3n) is 3.52. The first-order valence-electron chi connectivity index (χ1n) is 6.76. The van der Waals surface area contributed by atoms with Crippen molar-refractivity contribution in [3.05, 3.63) is 47.5 Å². The van der Waals surface area contributed by atoms with E-state index in [1.807, 2.05) is 36.4 Å². The van der Waals surface area contributed by atoms with Gasteiger partial charge in [-0.05, 0) is 28.6 Å². The number of rotatable bonds is 1. The van der Waals surface area contributed by atoms with Gasteiger partial charge < -0.3 is 9.74 Å². The molecule has 0 aliphatic carbocycles. The lowest BCUT2D eigenvalue weighted by Crippen LogP contribution is -2.45. The van der Waals surface area contributed by atoms with Gasteiger partial charge in [-0.3, -0.25) is 9.59 Å². The van der Waals surface area contributed by atoms with Gasteiger partial charge in [-0.15, -0.1) is 0 Å². The number of carbonyl (C=O) groups excluding carboxylic acids is 2. The molecule has 0 atom stereocenters. The molecule has 0 unspecified atom stereocenters. The Morgan fingerprint density at radius 2 is 1.91 bits per heavy atom. The van der Waals surface area contributed by atoms with Crippen LogP contribution in [0.4, 0.5) is 0 Å². The van der Waals surface area contributed by atoms with Gasteiger partial charge in [0.15, 0.2) is 0 Å². The van der Waals surface area contributed by atoms with Crippen molar-refractivity contribution in [3.63, 3.8) is 0 Å². The fourth-order valence-corrected chi connectivity index (χ4v) is 2.49. The normalized spacial score (nSPS) is 14.0. The number of benzene rings is 2. The van der Waals surface area contributed by atoms with Gasteiger partial charge in [-0.1, -0.05) is 41.5 Å². The fourth-order valence-electron chi connectivity index (χ4n) is 2.42. The number of hydrogen-bond donors (Lipinski definition) is 0. The van der Waals surface area contributed by atoms with E-state index in [9.17, 15) is 9.59 Å². The van der Waals surface area contributed by atoms with E-state index in [1.165, 1.54) is 4.90 Å². The monoisotopic (exact) mass is 314 g/mol. The van der Waals surface area contributed by atoms with E-state index >= 15 is 0 Å². The van der Waals surface area contributed by atoms with Crippen molar-refractivity contribution in [2.45, 2.75) is 6.42 Å². The summed E-state index contributed by atoms with van der Waals surface area (Å²) in [4.78, 5) is 31.7. The van der Waals surface area contributed by atoms with Crippen LogP contribution in [0.15, 0.2) is 36.4 Å². The summed E-state index contributed by atoms with van der Waals surface area (Å²) in [5.74, 6) is -0.899. The first-order chi connectivity index (χ1) is 10.5. The summed E-state index contributed by atoms with van der Waals surface area (Å²) in [7, 11) is 3.37. The molecule has 0 saturated heterocycles. The summed E-state index contributed by atoms with van der Waals surface area (Å²) in [6, 6.07) is 11.3. The smallest absolute Gasteiger partial charge is 0.295 e. The molecule has 0 fully saturated rings. The molecule has 1 aliphatic rings. The average molecular weight is 314 g/mol. The molecule has 0 radical (unpaired) electrons. The van der Waals surface area contributed by atoms with Crippen molar-refractivity contribution in [2.75, 3.05) is 14.1 Å². The van der Waals surface area contributed by atoms with Crippen molar-refractivity contribution in [3.8, 4) is 0 Å². The first-order valence-corrected chi connectivity index (χ1v) is 7.17. The maximum absolute atomic E-state index is 12.7. The zero-order valence-electron chi connectivity index (χ0n) is 12.2. The summed E-state index contributed by atoms with van der Waals surface area (Å²) < 4.78 is 0. The highest BCUT2D eigenvalue weighted by Gasteiger charge is 2.35. The second kappa shape index (κ2) is 5.38. The van der Waals surface area contributed by atoms with Gasteiger partial charge in [-0.25, -0.2) is 0 Å². The van der Waals surface area contributed by atoms with Crippen molar-refractivity contribution in [2.24, 2.45) is 0 Å². The molecule has 22 heavy (non-hydrogen) atoms. The minimum Gasteiger partial charge on any atom is -0.338 e. The predicted octanol–water partition coefficient (Wildman–Crippen LogP) is 2.14. The third kappa shape index (κ3) is 2.31. The van der Waals surface area contributed by atoms with Gasteiger partial charge >= 0.3 is 0 Å². The van der Waals surface area contributed by atoms with Gasteiger partial charge in [0.25, 0.3) is 17.0 Å². The Balaban J connectivity index is 2.08. The van der Waals surface area contributed by atoms with Gasteiger partial charge in [0, 0.05) is 14.1 Å². The Labute approximate surface area is 133 Å². The molecule has 1 heterocycles. The number of hydroxylamine groups is 2. The lowest BCUT2D eigenvalue weighted by atomic mass is 9.93. The summed E-state index contributed by atoms with van der Waals surface area (Å²) in [6.45, 7) is 0. The quantitative estimate of drug-likeness (QED) is 0.596. The summed E-state index contributed by atoms with van der Waals surface area (Å²) in [5.41, 5.74) is 1.21. The minimum atomic E-state index is -0.479. The topological polar surface area (TPSA) is 49.9 Å². The second-order valence-corrected chi connectivity index (χ2v) is 5.59. The van der Waals surface area contributed by atoms with Crippen molar-refractivity contribution >= 4 is 40.0 Å². The van der Waals surface area contributed by atoms with Crippen molar-refractivity contribution in [1.29, 1.82) is 0 Å². The Kier molecular flexibility index (Phi) is 3.54. The molecule has 2 aromatic rings. The molecule has 0 saturated carbocycles. The molecule has 2 aromatic carbocycles. The lowest BCUT2D eigenvalue weighted by Gasteiger charge is -2.28. The maximum atomic E-state index is 12.7. The molecule has 2 amide bonds. The number of hydrogen-bond acceptors (Lipinski definition) is 4. The van der Waals surface area contributed by atoms with Gasteiger partial charge in [0.05, 0.1) is 12.0 Å². The highest BCUT2D eigenvalue weighted by molar-refractivity contribution is 7.80. The van der Waals surface area contributed by atoms with Crippen LogP contribution in [0.1, 0.15) is 15.9 Å². The molecular weight excluding hydrogens is 300 g/mol. The number of carbonyl (C=O) groups is 2. The van der Waals surface area contributed by atoms with Crippen LogP contribution in [-0.2, 0) is 16.1 Å². The average Bonchev–Trinajstić information content (AvgIpc) is 2.50. The molecule has 0 bridgehead atoms. The number of fused-ring (bicyclic) bond motifs is 3. The molecule has 6 heteroatoms. The highest BCUT2D eigenvalue weighted by Crippen LogP contribution is 2.28. The summed E-state index contributed by atoms with van der Waals surface area (Å²) >= 11 is 5.02. The number of thiocarbonyl (C=S) groups is 1. The fraction of sp³-hybridized carbons (Fsp3) is 0.188. The number of imide groups is 1. The minimum absolute atomic E-state index is 0.0605. The Morgan fingerprint density at radius 3 is 2.64 bits per heavy atom. The van der Waals surface area contributed by atoms with E-state index in [-0.39, 0.29) is 11.6 Å². The lowest BCUT2D eigenvalue weighted by molar-refractivity contribution is -0.151. The molecule has 0 N–H and O–H groups in total. The van der Waals surface area contributed by atoms with Crippen LogP contribution in [0.5, 0.6) is 0 Å². The van der Waals surface area contributed by atoms with E-state index < -0.39 is 11.8 Å². The summed E-state index contributed by atoms with van der Waals surface area (Å²) in [5, 5.41) is 2.57. The van der Waals surface area contributed by atoms with Gasteiger partial charge in [0.2, 0.25) is 0 Å². The zero-order chi connectivity index (χ0) is 15.9. The SMILES string of the molecule is CN(C)C(=S)ON1C(=O)Cc2ccc3ccccc3c2C1=O. The number of amides is 2. The second-order valence-electron chi connectivity index (χ2n) is 5.24. The standard InChI is InChI=1S/C16H14N2O3S/c1-17(2)16(22)21-18-13(19)9-11-8-7-10-5-3-4-6-12(10)14(11)15(18)20/h3-8H,9H2,1-2H3. The van der Waals surface area contributed by atoms with Crippen LogP contribution in [-0.4, -0.2) is 41.0 Å². The van der Waals surface area contributed by atoms with E-state index in [0.29, 0.717) is 11.1 Å². The summed E-state index contributed by atoms with van der Waals surface area (Å²) in [6.07, 6.45) is 0.113. The Morgan fingerprint density at radius 1 is 1.18 bits per heavy atom. The van der Waals surface area contributed by atoms with Crippen LogP contribution < -0.4 is 0 Å². The van der Waals surface area contributed by atoms with Gasteiger partial charge in [-0.2, -0.15) is 0 Å². The Bertz CT molecular complexity index is 801. The Hall–Kier alpha value is -2.47. The van der Waals surface area contributed by atoms with Crippen molar-refractivity contribution in [1.82, 2.24) is 9.96 Å². The van der Waals surface area contributed by atoms with E-state index in [1.54, 1.807) is 14.1 Å². The molecular formula is C16H14N2O3S. The van der Waals surface area contributed by atoms with Crippen LogP contribution in [0, 0.1) is 0 Å². The number of nitrogens with zero attached hydrogens (tertiary/aromatic N) is 2. The molecule has 112 valence electrons. The first kappa shape index (κ1) is 14.5. The molecule has 0 aromatic heterocycles. The zero-order valence-corrected chi connectivity index (χ0v) is 13.0. The van der Waals surface area contributed by atoms with Crippen LogP contribution in [0.25, 0.3) is 10.8 Å². The third-order valence-corrected chi connectivity index (χ3v) is 3.96. The van der Waals surface area contributed by atoms with Crippen LogP contribution in [0.3, 0.4) is 0 Å². The largest absolute Gasteiger partial charge is 0.338 e. The molecule has 0 spiro atoms. The predicted molar refractivity (Wildman–Crippen MR) is 86.2 cm³/mol. The maximum Gasteiger partial charge on any atom is 0.295 e. The van der Waals surface area contributed by atoms with Crippen LogP contribution in [0.2, 0.25) is 0 Å². The van der Waals surface area contributed by atoms with E-state index in [4.69, 9.17) is 17.1 Å². The van der Waals surface area contributed by atoms with E-state index in [2.05, 4.69) is 0 Å². The van der Waals surface area contributed by atoms with E-state index in [0.717, 1.165) is 15.8 Å². The molecule has 3 rings (SSSR count). The molecule has 1 aliphatic heterocycles. The van der Waals surface area contributed by atoms with Crippen LogP contribution >= 0.6 is 12.2 Å². The van der Waals surface area contributed by atoms with Gasteiger partial charge in [0.1, 0.15) is 0 Å². The van der Waals surface area contributed by atoms with Crippen molar-refractivity contribution < 1.29 is 14.4 Å².